The molecule has 0 saturated heterocycles. The Morgan fingerprint density at radius 2 is 1.96 bits per heavy atom. The fraction of sp³-hybridized carbons (Fsp3) is 0.182. The highest BCUT2D eigenvalue weighted by atomic mass is 35.5. The lowest BCUT2D eigenvalue weighted by atomic mass is 9.89. The lowest BCUT2D eigenvalue weighted by Crippen LogP contribution is -2.47. The number of hydrogen-bond donors (Lipinski definition) is 1. The summed E-state index contributed by atoms with van der Waals surface area (Å²) in [5.74, 6) is -0.697. The molecular weight excluding hydrogens is 363 g/mol. The van der Waals surface area contributed by atoms with Crippen LogP contribution in [0.3, 0.4) is 0 Å². The van der Waals surface area contributed by atoms with Crippen LogP contribution in [0.25, 0.3) is 10.9 Å². The van der Waals surface area contributed by atoms with Crippen LogP contribution in [0.4, 0.5) is 4.39 Å². The minimum atomic E-state index is -0.617. The molecule has 0 unspecified atom stereocenters. The summed E-state index contributed by atoms with van der Waals surface area (Å²) in [5, 5.41) is 4.09. The van der Waals surface area contributed by atoms with Crippen molar-refractivity contribution in [3.63, 3.8) is 0 Å². The second kappa shape index (κ2) is 7.89. The number of benzene rings is 2. The standard InChI is InChI=1S/C22H20ClFN2O/c1-15(23)12-22(2,13-16-7-4-3-5-8-16)26-21(27)18-11-17-9-6-10-19(24)20(17)25-14-18/h3-11,14H,1,12-13H2,2H3,(H,26,27)/t22-/m1/s1. The molecule has 3 aromatic rings. The molecule has 0 fully saturated rings. The van der Waals surface area contributed by atoms with Gasteiger partial charge in [-0.1, -0.05) is 60.6 Å². The Labute approximate surface area is 162 Å². The van der Waals surface area contributed by atoms with Gasteiger partial charge < -0.3 is 5.32 Å². The fourth-order valence-corrected chi connectivity index (χ4v) is 3.51. The molecule has 0 aliphatic heterocycles. The van der Waals surface area contributed by atoms with Crippen molar-refractivity contribution in [3.8, 4) is 0 Å². The summed E-state index contributed by atoms with van der Waals surface area (Å²) in [6.07, 6.45) is 2.41. The van der Waals surface area contributed by atoms with Crippen LogP contribution < -0.4 is 5.32 Å². The van der Waals surface area contributed by atoms with Crippen LogP contribution in [0.5, 0.6) is 0 Å². The number of nitrogens with one attached hydrogen (secondary N) is 1. The average Bonchev–Trinajstić information content (AvgIpc) is 2.61. The van der Waals surface area contributed by atoms with Crippen LogP contribution in [0.2, 0.25) is 0 Å². The molecular formula is C22H20ClFN2O. The van der Waals surface area contributed by atoms with Crippen LogP contribution in [-0.4, -0.2) is 16.4 Å². The smallest absolute Gasteiger partial charge is 0.253 e. The van der Waals surface area contributed by atoms with E-state index in [0.29, 0.717) is 28.8 Å². The molecule has 2 aromatic carbocycles. The molecule has 1 amide bonds. The normalized spacial score (nSPS) is 13.1. The van der Waals surface area contributed by atoms with E-state index in [1.54, 1.807) is 18.2 Å². The van der Waals surface area contributed by atoms with Crippen molar-refractivity contribution >= 4 is 28.4 Å². The third kappa shape index (κ3) is 4.72. The van der Waals surface area contributed by atoms with Gasteiger partial charge in [-0.05, 0) is 31.0 Å². The predicted molar refractivity (Wildman–Crippen MR) is 107 cm³/mol. The SMILES string of the molecule is C=C(Cl)C[C@](C)(Cc1ccccc1)NC(=O)c1cnc2c(F)cccc2c1. The van der Waals surface area contributed by atoms with E-state index >= 15 is 0 Å². The summed E-state index contributed by atoms with van der Waals surface area (Å²) in [4.78, 5) is 16.9. The van der Waals surface area contributed by atoms with E-state index in [4.69, 9.17) is 11.6 Å². The van der Waals surface area contributed by atoms with Crippen molar-refractivity contribution in [1.29, 1.82) is 0 Å². The number of hydrogen-bond acceptors (Lipinski definition) is 2. The third-order valence-electron chi connectivity index (χ3n) is 4.36. The molecule has 5 heteroatoms. The first-order valence-electron chi connectivity index (χ1n) is 8.60. The van der Waals surface area contributed by atoms with Crippen LogP contribution in [0, 0.1) is 5.82 Å². The molecule has 0 aliphatic rings. The third-order valence-corrected chi connectivity index (χ3v) is 4.49. The molecule has 0 spiro atoms. The molecule has 27 heavy (non-hydrogen) atoms. The molecule has 0 bridgehead atoms. The lowest BCUT2D eigenvalue weighted by molar-refractivity contribution is 0.0906. The molecule has 1 N–H and O–H groups in total. The molecule has 0 aliphatic carbocycles. The zero-order chi connectivity index (χ0) is 19.4. The molecule has 1 heterocycles. The number of amides is 1. The fourth-order valence-electron chi connectivity index (χ4n) is 3.21. The van der Waals surface area contributed by atoms with Crippen molar-refractivity contribution in [2.45, 2.75) is 25.3 Å². The summed E-state index contributed by atoms with van der Waals surface area (Å²) in [5.41, 5.74) is 1.08. The average molecular weight is 383 g/mol. The maximum atomic E-state index is 13.8. The molecule has 3 nitrogen and oxygen atoms in total. The second-order valence-electron chi connectivity index (χ2n) is 6.91. The van der Waals surface area contributed by atoms with Gasteiger partial charge in [-0.2, -0.15) is 0 Å². The summed E-state index contributed by atoms with van der Waals surface area (Å²) < 4.78 is 13.8. The van der Waals surface area contributed by atoms with E-state index in [9.17, 15) is 9.18 Å². The molecule has 138 valence electrons. The Bertz CT molecular complexity index is 990. The van der Waals surface area contributed by atoms with Crippen molar-refractivity contribution in [3.05, 3.63) is 89.3 Å². The molecule has 1 atom stereocenters. The van der Waals surface area contributed by atoms with Crippen LogP contribution in [0.15, 0.2) is 72.4 Å². The number of rotatable bonds is 6. The number of aromatic nitrogens is 1. The Morgan fingerprint density at radius 1 is 1.22 bits per heavy atom. The van der Waals surface area contributed by atoms with E-state index in [-0.39, 0.29) is 11.4 Å². The van der Waals surface area contributed by atoms with Gasteiger partial charge in [0, 0.05) is 28.6 Å². The van der Waals surface area contributed by atoms with E-state index < -0.39 is 11.4 Å². The Hall–Kier alpha value is -2.72. The van der Waals surface area contributed by atoms with E-state index in [1.165, 1.54) is 12.3 Å². The minimum Gasteiger partial charge on any atom is -0.346 e. The maximum Gasteiger partial charge on any atom is 0.253 e. The van der Waals surface area contributed by atoms with Gasteiger partial charge in [0.1, 0.15) is 11.3 Å². The first-order valence-corrected chi connectivity index (χ1v) is 8.98. The first kappa shape index (κ1) is 19.1. The largest absolute Gasteiger partial charge is 0.346 e. The van der Waals surface area contributed by atoms with Gasteiger partial charge in [0.2, 0.25) is 0 Å². The van der Waals surface area contributed by atoms with Gasteiger partial charge >= 0.3 is 0 Å². The summed E-state index contributed by atoms with van der Waals surface area (Å²) in [6.45, 7) is 5.70. The van der Waals surface area contributed by atoms with Crippen molar-refractivity contribution in [2.24, 2.45) is 0 Å². The number of fused-ring (bicyclic) bond motifs is 1. The number of pyridine rings is 1. The van der Waals surface area contributed by atoms with Gasteiger partial charge in [0.15, 0.2) is 0 Å². The first-order chi connectivity index (χ1) is 12.9. The van der Waals surface area contributed by atoms with Gasteiger partial charge in [0.05, 0.1) is 5.56 Å². The van der Waals surface area contributed by atoms with Crippen molar-refractivity contribution in [1.82, 2.24) is 10.3 Å². The highest BCUT2D eigenvalue weighted by Crippen LogP contribution is 2.24. The summed E-state index contributed by atoms with van der Waals surface area (Å²) in [6, 6.07) is 16.2. The number of nitrogens with zero attached hydrogens (tertiary/aromatic N) is 1. The van der Waals surface area contributed by atoms with Gasteiger partial charge in [-0.15, -0.1) is 0 Å². The molecule has 0 saturated carbocycles. The number of carbonyl (C=O) groups excluding carboxylic acids is 1. The zero-order valence-electron chi connectivity index (χ0n) is 15.0. The molecule has 3 rings (SSSR count). The summed E-state index contributed by atoms with van der Waals surface area (Å²) in [7, 11) is 0. The van der Waals surface area contributed by atoms with Crippen LogP contribution >= 0.6 is 11.6 Å². The van der Waals surface area contributed by atoms with E-state index in [0.717, 1.165) is 5.56 Å². The number of carbonyl (C=O) groups is 1. The van der Waals surface area contributed by atoms with Gasteiger partial charge in [-0.25, -0.2) is 4.39 Å². The van der Waals surface area contributed by atoms with Crippen LogP contribution in [0.1, 0.15) is 29.3 Å². The Morgan fingerprint density at radius 3 is 2.67 bits per heavy atom. The van der Waals surface area contributed by atoms with Crippen LogP contribution in [-0.2, 0) is 6.42 Å². The van der Waals surface area contributed by atoms with Gasteiger partial charge in [-0.3, -0.25) is 9.78 Å². The van der Waals surface area contributed by atoms with Gasteiger partial charge in [0.25, 0.3) is 5.91 Å². The summed E-state index contributed by atoms with van der Waals surface area (Å²) >= 11 is 6.05. The monoisotopic (exact) mass is 382 g/mol. The molecule has 0 radical (unpaired) electrons. The highest BCUT2D eigenvalue weighted by molar-refractivity contribution is 6.29. The Balaban J connectivity index is 1.86. The molecule has 1 aromatic heterocycles. The van der Waals surface area contributed by atoms with Crippen molar-refractivity contribution < 1.29 is 9.18 Å². The van der Waals surface area contributed by atoms with E-state index in [2.05, 4.69) is 16.9 Å². The highest BCUT2D eigenvalue weighted by Gasteiger charge is 2.28. The Kier molecular flexibility index (Phi) is 5.57. The second-order valence-corrected chi connectivity index (χ2v) is 7.44. The number of para-hydroxylation sites is 1. The number of halogens is 2. The van der Waals surface area contributed by atoms with E-state index in [1.807, 2.05) is 37.3 Å². The lowest BCUT2D eigenvalue weighted by Gasteiger charge is -2.31. The zero-order valence-corrected chi connectivity index (χ0v) is 15.8. The maximum absolute atomic E-state index is 13.8. The minimum absolute atomic E-state index is 0.246. The topological polar surface area (TPSA) is 42.0 Å². The quantitative estimate of drug-likeness (QED) is 0.632. The predicted octanol–water partition coefficient (Wildman–Crippen LogP) is 5.25. The van der Waals surface area contributed by atoms with Crippen molar-refractivity contribution in [2.75, 3.05) is 0 Å².